The maximum atomic E-state index is 5.88. The van der Waals surface area contributed by atoms with Gasteiger partial charge in [-0.1, -0.05) is 6.42 Å². The number of nitrogens with one attached hydrogen (secondary N) is 1. The first-order valence-corrected chi connectivity index (χ1v) is 7.08. The Morgan fingerprint density at radius 3 is 2.44 bits per heavy atom. The second kappa shape index (κ2) is 5.89. The van der Waals surface area contributed by atoms with Gasteiger partial charge in [0.1, 0.15) is 11.5 Å². The van der Waals surface area contributed by atoms with E-state index in [-0.39, 0.29) is 5.54 Å². The Morgan fingerprint density at radius 2 is 1.78 bits per heavy atom. The van der Waals surface area contributed by atoms with E-state index in [1.807, 2.05) is 0 Å². The largest absolute Gasteiger partial charge is 0.463 e. The van der Waals surface area contributed by atoms with Crippen LogP contribution in [0, 0.1) is 0 Å². The quantitative estimate of drug-likeness (QED) is 0.890. The van der Waals surface area contributed by atoms with E-state index in [0.29, 0.717) is 0 Å². The van der Waals surface area contributed by atoms with E-state index in [0.717, 1.165) is 24.6 Å². The van der Waals surface area contributed by atoms with Crippen molar-refractivity contribution in [2.45, 2.75) is 58.7 Å². The van der Waals surface area contributed by atoms with Gasteiger partial charge in [-0.25, -0.2) is 0 Å². The summed E-state index contributed by atoms with van der Waals surface area (Å²) >= 11 is 0. The summed E-state index contributed by atoms with van der Waals surface area (Å²) in [4.78, 5) is 2.49. The molecule has 0 spiro atoms. The summed E-state index contributed by atoms with van der Waals surface area (Å²) in [5.41, 5.74) is 0.139. The third-order valence-corrected chi connectivity index (χ3v) is 3.34. The summed E-state index contributed by atoms with van der Waals surface area (Å²) < 4.78 is 5.88. The summed E-state index contributed by atoms with van der Waals surface area (Å²) in [7, 11) is 0. The molecular formula is C15H26N2O. The van der Waals surface area contributed by atoms with Crippen molar-refractivity contribution in [3.8, 4) is 0 Å². The number of furan rings is 1. The van der Waals surface area contributed by atoms with Gasteiger partial charge in [-0.2, -0.15) is 0 Å². The SMILES string of the molecule is CC(C)(C)NCc1ccc(CN2CCCCC2)o1. The van der Waals surface area contributed by atoms with Crippen LogP contribution in [0.2, 0.25) is 0 Å². The zero-order chi connectivity index (χ0) is 13.0. The van der Waals surface area contributed by atoms with Gasteiger partial charge in [0, 0.05) is 5.54 Å². The van der Waals surface area contributed by atoms with E-state index in [9.17, 15) is 0 Å². The molecule has 1 N–H and O–H groups in total. The molecule has 1 aliphatic heterocycles. The van der Waals surface area contributed by atoms with Gasteiger partial charge in [-0.05, 0) is 58.8 Å². The Hall–Kier alpha value is -0.800. The van der Waals surface area contributed by atoms with E-state index in [1.165, 1.54) is 32.4 Å². The number of hydrogen-bond acceptors (Lipinski definition) is 3. The second-order valence-corrected chi connectivity index (χ2v) is 6.31. The van der Waals surface area contributed by atoms with Gasteiger partial charge in [0.25, 0.3) is 0 Å². The predicted molar refractivity (Wildman–Crippen MR) is 74.4 cm³/mol. The highest BCUT2D eigenvalue weighted by Crippen LogP contribution is 2.15. The molecule has 2 rings (SSSR count). The lowest BCUT2D eigenvalue weighted by atomic mass is 10.1. The van der Waals surface area contributed by atoms with Crippen molar-refractivity contribution in [1.29, 1.82) is 0 Å². The normalized spacial score (nSPS) is 18.2. The molecule has 0 radical (unpaired) electrons. The van der Waals surface area contributed by atoms with Crippen LogP contribution in [0.25, 0.3) is 0 Å². The van der Waals surface area contributed by atoms with Crippen LogP contribution in [-0.2, 0) is 13.1 Å². The molecule has 0 amide bonds. The lowest BCUT2D eigenvalue weighted by molar-refractivity contribution is 0.203. The Bertz CT molecular complexity index is 359. The zero-order valence-electron chi connectivity index (χ0n) is 12.0. The minimum absolute atomic E-state index is 0.139. The van der Waals surface area contributed by atoms with Crippen molar-refractivity contribution < 1.29 is 4.42 Å². The first-order chi connectivity index (χ1) is 8.53. The highest BCUT2D eigenvalue weighted by molar-refractivity contribution is 5.07. The zero-order valence-corrected chi connectivity index (χ0v) is 12.0. The molecule has 3 nitrogen and oxygen atoms in total. The molecule has 0 aromatic carbocycles. The average molecular weight is 250 g/mol. The van der Waals surface area contributed by atoms with Crippen molar-refractivity contribution in [2.24, 2.45) is 0 Å². The van der Waals surface area contributed by atoms with E-state index >= 15 is 0 Å². The molecule has 0 atom stereocenters. The number of nitrogens with zero attached hydrogens (tertiary/aromatic N) is 1. The molecule has 18 heavy (non-hydrogen) atoms. The molecule has 0 bridgehead atoms. The first-order valence-electron chi connectivity index (χ1n) is 7.08. The fraction of sp³-hybridized carbons (Fsp3) is 0.733. The molecule has 1 saturated heterocycles. The minimum atomic E-state index is 0.139. The lowest BCUT2D eigenvalue weighted by Gasteiger charge is -2.25. The molecule has 102 valence electrons. The number of likely N-dealkylation sites (tertiary alicyclic amines) is 1. The lowest BCUT2D eigenvalue weighted by Crippen LogP contribution is -2.34. The van der Waals surface area contributed by atoms with Gasteiger partial charge in [-0.3, -0.25) is 4.90 Å². The van der Waals surface area contributed by atoms with Crippen molar-refractivity contribution in [2.75, 3.05) is 13.1 Å². The van der Waals surface area contributed by atoms with Crippen LogP contribution in [0.3, 0.4) is 0 Å². The van der Waals surface area contributed by atoms with E-state index in [2.05, 4.69) is 43.1 Å². The summed E-state index contributed by atoms with van der Waals surface area (Å²) in [6.07, 6.45) is 4.05. The van der Waals surface area contributed by atoms with Crippen LogP contribution in [0.1, 0.15) is 51.6 Å². The number of hydrogen-bond donors (Lipinski definition) is 1. The van der Waals surface area contributed by atoms with Gasteiger partial charge < -0.3 is 9.73 Å². The molecule has 1 aromatic heterocycles. The highest BCUT2D eigenvalue weighted by atomic mass is 16.3. The van der Waals surface area contributed by atoms with Crippen molar-refractivity contribution in [3.05, 3.63) is 23.7 Å². The molecule has 1 aliphatic rings. The summed E-state index contributed by atoms with van der Waals surface area (Å²) in [5, 5.41) is 3.45. The third kappa shape index (κ3) is 4.46. The van der Waals surface area contributed by atoms with Crippen LogP contribution >= 0.6 is 0 Å². The predicted octanol–water partition coefficient (Wildman–Crippen LogP) is 3.15. The van der Waals surface area contributed by atoms with Crippen molar-refractivity contribution in [1.82, 2.24) is 10.2 Å². The van der Waals surface area contributed by atoms with E-state index in [4.69, 9.17) is 4.42 Å². The Balaban J connectivity index is 1.82. The minimum Gasteiger partial charge on any atom is -0.463 e. The van der Waals surface area contributed by atoms with Gasteiger partial charge in [0.2, 0.25) is 0 Å². The molecule has 2 heterocycles. The molecule has 1 aromatic rings. The van der Waals surface area contributed by atoms with Crippen LogP contribution in [0.5, 0.6) is 0 Å². The number of rotatable bonds is 4. The standard InChI is InChI=1S/C15H26N2O/c1-15(2,3)16-11-13-7-8-14(18-13)12-17-9-5-4-6-10-17/h7-8,16H,4-6,9-12H2,1-3H3. The number of piperidine rings is 1. The Morgan fingerprint density at radius 1 is 1.11 bits per heavy atom. The Labute approximate surface area is 111 Å². The fourth-order valence-electron chi connectivity index (χ4n) is 2.29. The molecular weight excluding hydrogens is 224 g/mol. The molecule has 1 fully saturated rings. The van der Waals surface area contributed by atoms with Crippen LogP contribution < -0.4 is 5.32 Å². The highest BCUT2D eigenvalue weighted by Gasteiger charge is 2.13. The average Bonchev–Trinajstić information content (AvgIpc) is 2.75. The summed E-state index contributed by atoms with van der Waals surface area (Å²) in [5.74, 6) is 2.14. The Kier molecular flexibility index (Phi) is 4.46. The molecule has 0 saturated carbocycles. The maximum Gasteiger partial charge on any atom is 0.118 e. The van der Waals surface area contributed by atoms with E-state index < -0.39 is 0 Å². The van der Waals surface area contributed by atoms with Crippen molar-refractivity contribution in [3.63, 3.8) is 0 Å². The fourth-order valence-corrected chi connectivity index (χ4v) is 2.29. The molecule has 3 heteroatoms. The first kappa shape index (κ1) is 13.6. The van der Waals surface area contributed by atoms with Crippen LogP contribution in [0.15, 0.2) is 16.5 Å². The monoisotopic (exact) mass is 250 g/mol. The summed E-state index contributed by atoms with van der Waals surface area (Å²) in [6.45, 7) is 10.7. The van der Waals surface area contributed by atoms with Crippen LogP contribution in [-0.4, -0.2) is 23.5 Å². The van der Waals surface area contributed by atoms with Crippen LogP contribution in [0.4, 0.5) is 0 Å². The van der Waals surface area contributed by atoms with Gasteiger partial charge >= 0.3 is 0 Å². The second-order valence-electron chi connectivity index (χ2n) is 6.31. The van der Waals surface area contributed by atoms with Gasteiger partial charge in [0.05, 0.1) is 13.1 Å². The molecule has 0 unspecified atom stereocenters. The maximum absolute atomic E-state index is 5.88. The van der Waals surface area contributed by atoms with Crippen molar-refractivity contribution >= 4 is 0 Å². The topological polar surface area (TPSA) is 28.4 Å². The summed E-state index contributed by atoms with van der Waals surface area (Å²) in [6, 6.07) is 4.21. The van der Waals surface area contributed by atoms with E-state index in [1.54, 1.807) is 0 Å². The van der Waals surface area contributed by atoms with Gasteiger partial charge in [-0.15, -0.1) is 0 Å². The molecule has 0 aliphatic carbocycles. The van der Waals surface area contributed by atoms with Gasteiger partial charge in [0.15, 0.2) is 0 Å². The smallest absolute Gasteiger partial charge is 0.118 e. The third-order valence-electron chi connectivity index (χ3n) is 3.34.